The van der Waals surface area contributed by atoms with Crippen molar-refractivity contribution in [2.75, 3.05) is 0 Å². The Labute approximate surface area is 117 Å². The van der Waals surface area contributed by atoms with Crippen molar-refractivity contribution in [3.8, 4) is 17.1 Å². The molecular weight excluding hydrogens is 316 g/mol. The van der Waals surface area contributed by atoms with Gasteiger partial charge in [-0.2, -0.15) is 0 Å². The number of phenols is 1. The summed E-state index contributed by atoms with van der Waals surface area (Å²) in [5, 5.41) is 10.5. The van der Waals surface area contributed by atoms with E-state index in [0.29, 0.717) is 20.9 Å². The minimum Gasteiger partial charge on any atom is -0.507 e. The summed E-state index contributed by atoms with van der Waals surface area (Å²) < 4.78 is 0.654. The molecule has 1 aromatic heterocycles. The third-order valence-corrected chi connectivity index (χ3v) is 3.88. The van der Waals surface area contributed by atoms with Crippen LogP contribution >= 0.6 is 27.5 Å². The van der Waals surface area contributed by atoms with Crippen LogP contribution in [0.3, 0.4) is 0 Å². The fourth-order valence-corrected chi connectivity index (χ4v) is 2.30. The van der Waals surface area contributed by atoms with E-state index in [0.717, 1.165) is 11.0 Å². The lowest BCUT2D eigenvalue weighted by Gasteiger charge is -2.03. The topological polar surface area (TPSA) is 48.9 Å². The summed E-state index contributed by atoms with van der Waals surface area (Å²) in [6, 6.07) is 10.9. The standard InChI is InChI=1S/C13H8BrClN2O/c14-8-6-12(18)7(5-9(8)15)13-16-10-3-1-2-4-11(10)17-13/h1-6,18H,(H,16,17). The molecule has 0 bridgehead atoms. The predicted molar refractivity (Wildman–Crippen MR) is 75.9 cm³/mol. The fourth-order valence-electron chi connectivity index (χ4n) is 1.81. The number of halogens is 2. The van der Waals surface area contributed by atoms with E-state index in [-0.39, 0.29) is 5.75 Å². The summed E-state index contributed by atoms with van der Waals surface area (Å²) in [5.74, 6) is 0.730. The van der Waals surface area contributed by atoms with E-state index in [4.69, 9.17) is 11.6 Å². The van der Waals surface area contributed by atoms with E-state index in [2.05, 4.69) is 25.9 Å². The Morgan fingerprint density at radius 1 is 1.22 bits per heavy atom. The molecule has 0 spiro atoms. The van der Waals surface area contributed by atoms with Crippen molar-refractivity contribution in [3.63, 3.8) is 0 Å². The molecule has 0 saturated heterocycles. The van der Waals surface area contributed by atoms with Gasteiger partial charge in [-0.3, -0.25) is 0 Å². The van der Waals surface area contributed by atoms with Crippen molar-refractivity contribution < 1.29 is 5.11 Å². The number of phenolic OH excluding ortho intramolecular Hbond substituents is 1. The molecule has 2 N–H and O–H groups in total. The maximum absolute atomic E-state index is 9.95. The third kappa shape index (κ3) is 1.87. The molecule has 5 heteroatoms. The normalized spacial score (nSPS) is 11.0. The third-order valence-electron chi connectivity index (χ3n) is 2.68. The van der Waals surface area contributed by atoms with Crippen LogP contribution in [-0.2, 0) is 0 Å². The Morgan fingerprint density at radius 2 is 2.00 bits per heavy atom. The van der Waals surface area contributed by atoms with Crippen molar-refractivity contribution >= 4 is 38.6 Å². The Bertz CT molecular complexity index is 706. The summed E-state index contributed by atoms with van der Waals surface area (Å²) in [4.78, 5) is 7.58. The van der Waals surface area contributed by atoms with Gasteiger partial charge in [-0.15, -0.1) is 0 Å². The number of benzene rings is 2. The van der Waals surface area contributed by atoms with Crippen LogP contribution in [0, 0.1) is 0 Å². The number of nitrogens with one attached hydrogen (secondary N) is 1. The zero-order valence-electron chi connectivity index (χ0n) is 9.11. The highest BCUT2D eigenvalue weighted by atomic mass is 79.9. The summed E-state index contributed by atoms with van der Waals surface area (Å²) in [7, 11) is 0. The number of imidazole rings is 1. The quantitative estimate of drug-likeness (QED) is 0.699. The number of fused-ring (bicyclic) bond motifs is 1. The Hall–Kier alpha value is -1.52. The first-order valence-corrected chi connectivity index (χ1v) is 6.45. The van der Waals surface area contributed by atoms with E-state index in [9.17, 15) is 5.11 Å². The van der Waals surface area contributed by atoms with Gasteiger partial charge in [0, 0.05) is 4.47 Å². The molecule has 2 aromatic carbocycles. The first-order chi connectivity index (χ1) is 8.65. The minimum atomic E-state index is 0.130. The number of rotatable bonds is 1. The molecule has 0 fully saturated rings. The molecule has 0 unspecified atom stereocenters. The molecule has 0 radical (unpaired) electrons. The van der Waals surface area contributed by atoms with Crippen LogP contribution in [0.15, 0.2) is 40.9 Å². The van der Waals surface area contributed by atoms with E-state index in [1.165, 1.54) is 0 Å². The molecule has 18 heavy (non-hydrogen) atoms. The number of hydrogen-bond donors (Lipinski definition) is 2. The molecule has 3 rings (SSSR count). The van der Waals surface area contributed by atoms with Crippen molar-refractivity contribution in [1.29, 1.82) is 0 Å². The second kappa shape index (κ2) is 4.30. The van der Waals surface area contributed by atoms with Crippen molar-refractivity contribution in [3.05, 3.63) is 45.9 Å². The highest BCUT2D eigenvalue weighted by molar-refractivity contribution is 9.10. The van der Waals surface area contributed by atoms with Crippen LogP contribution in [0.4, 0.5) is 0 Å². The first kappa shape index (κ1) is 11.6. The number of aromatic hydroxyl groups is 1. The zero-order valence-corrected chi connectivity index (χ0v) is 11.5. The van der Waals surface area contributed by atoms with Crippen LogP contribution in [-0.4, -0.2) is 15.1 Å². The number of aromatic amines is 1. The first-order valence-electron chi connectivity index (χ1n) is 5.28. The maximum Gasteiger partial charge on any atom is 0.142 e. The van der Waals surface area contributed by atoms with Crippen LogP contribution in [0.2, 0.25) is 5.02 Å². The highest BCUT2D eigenvalue weighted by Gasteiger charge is 2.12. The molecule has 0 amide bonds. The largest absolute Gasteiger partial charge is 0.507 e. The van der Waals surface area contributed by atoms with Crippen LogP contribution in [0.1, 0.15) is 0 Å². The average molecular weight is 324 g/mol. The lowest BCUT2D eigenvalue weighted by Crippen LogP contribution is -1.83. The lowest BCUT2D eigenvalue weighted by atomic mass is 10.2. The van der Waals surface area contributed by atoms with E-state index < -0.39 is 0 Å². The van der Waals surface area contributed by atoms with Crippen molar-refractivity contribution in [2.24, 2.45) is 0 Å². The smallest absolute Gasteiger partial charge is 0.142 e. The van der Waals surface area contributed by atoms with E-state index in [1.807, 2.05) is 24.3 Å². The maximum atomic E-state index is 9.95. The number of para-hydroxylation sites is 2. The molecule has 0 atom stereocenters. The van der Waals surface area contributed by atoms with E-state index >= 15 is 0 Å². The van der Waals surface area contributed by atoms with Gasteiger partial charge in [0.05, 0.1) is 21.6 Å². The number of nitrogens with zero attached hydrogens (tertiary/aromatic N) is 1. The zero-order chi connectivity index (χ0) is 12.7. The highest BCUT2D eigenvalue weighted by Crippen LogP contribution is 2.35. The van der Waals surface area contributed by atoms with Gasteiger partial charge in [0.25, 0.3) is 0 Å². The SMILES string of the molecule is Oc1cc(Br)c(Cl)cc1-c1nc2ccccc2[nH]1. The van der Waals surface area contributed by atoms with Gasteiger partial charge in [-0.1, -0.05) is 23.7 Å². The van der Waals surface area contributed by atoms with Gasteiger partial charge in [0.2, 0.25) is 0 Å². The molecule has 3 nitrogen and oxygen atoms in total. The second-order valence-electron chi connectivity index (χ2n) is 3.89. The summed E-state index contributed by atoms with van der Waals surface area (Å²) in [6.45, 7) is 0. The van der Waals surface area contributed by atoms with Crippen LogP contribution in [0.25, 0.3) is 22.4 Å². The molecule has 90 valence electrons. The minimum absolute atomic E-state index is 0.130. The van der Waals surface area contributed by atoms with Gasteiger partial charge >= 0.3 is 0 Å². The van der Waals surface area contributed by atoms with E-state index in [1.54, 1.807) is 12.1 Å². The number of hydrogen-bond acceptors (Lipinski definition) is 2. The van der Waals surface area contributed by atoms with Crippen molar-refractivity contribution in [2.45, 2.75) is 0 Å². The van der Waals surface area contributed by atoms with Gasteiger partial charge in [0.15, 0.2) is 0 Å². The monoisotopic (exact) mass is 322 g/mol. The second-order valence-corrected chi connectivity index (χ2v) is 5.15. The predicted octanol–water partition coefficient (Wildman–Crippen LogP) is 4.35. The number of aromatic nitrogens is 2. The summed E-state index contributed by atoms with van der Waals surface area (Å²) >= 11 is 9.30. The molecule has 3 aromatic rings. The summed E-state index contributed by atoms with van der Waals surface area (Å²) in [6.07, 6.45) is 0. The molecule has 1 heterocycles. The van der Waals surface area contributed by atoms with Gasteiger partial charge < -0.3 is 10.1 Å². The molecule has 0 aliphatic carbocycles. The van der Waals surface area contributed by atoms with Crippen LogP contribution < -0.4 is 0 Å². The Balaban J connectivity index is 2.22. The molecule has 0 aliphatic rings. The molecule has 0 aliphatic heterocycles. The summed E-state index contributed by atoms with van der Waals surface area (Å²) in [5.41, 5.74) is 2.36. The Kier molecular flexibility index (Phi) is 2.76. The van der Waals surface area contributed by atoms with Gasteiger partial charge in [0.1, 0.15) is 11.6 Å². The van der Waals surface area contributed by atoms with Gasteiger partial charge in [-0.05, 0) is 40.2 Å². The fraction of sp³-hybridized carbons (Fsp3) is 0. The Morgan fingerprint density at radius 3 is 2.78 bits per heavy atom. The molecular formula is C13H8BrClN2O. The van der Waals surface area contributed by atoms with Crippen molar-refractivity contribution in [1.82, 2.24) is 9.97 Å². The average Bonchev–Trinajstić information content (AvgIpc) is 2.77. The van der Waals surface area contributed by atoms with Crippen LogP contribution in [0.5, 0.6) is 5.75 Å². The van der Waals surface area contributed by atoms with Gasteiger partial charge in [-0.25, -0.2) is 4.98 Å². The number of H-pyrrole nitrogens is 1. The lowest BCUT2D eigenvalue weighted by molar-refractivity contribution is 0.476. The molecule has 0 saturated carbocycles.